The average Bonchev–Trinajstić information content (AvgIpc) is 2.64. The first kappa shape index (κ1) is 18.5. The van der Waals surface area contributed by atoms with Gasteiger partial charge in [-0.15, -0.1) is 0 Å². The molecule has 0 aliphatic heterocycles. The second-order valence-electron chi connectivity index (χ2n) is 6.55. The summed E-state index contributed by atoms with van der Waals surface area (Å²) in [6.45, 7) is 6.18. The number of aromatic nitrogens is 2. The molecule has 3 rings (SSSR count). The fraction of sp³-hybridized carbons (Fsp3) is 0.238. The Labute approximate surface area is 159 Å². The molecule has 0 fully saturated rings. The second kappa shape index (κ2) is 7.95. The monoisotopic (exact) mass is 364 g/mol. The number of benzene rings is 2. The summed E-state index contributed by atoms with van der Waals surface area (Å²) in [5.74, 6) is 2.92. The Morgan fingerprint density at radius 3 is 2.41 bits per heavy atom. The maximum absolute atomic E-state index is 6.10. The zero-order valence-corrected chi connectivity index (χ0v) is 16.0. The number of methoxy groups -OCH3 is 1. The molecular formula is C21H24N4O2. The van der Waals surface area contributed by atoms with Crippen molar-refractivity contribution < 1.29 is 9.47 Å². The van der Waals surface area contributed by atoms with Crippen LogP contribution in [-0.4, -0.2) is 17.1 Å². The van der Waals surface area contributed by atoms with Gasteiger partial charge in [-0.05, 0) is 42.7 Å². The van der Waals surface area contributed by atoms with Gasteiger partial charge in [-0.2, -0.15) is 4.98 Å². The Hall–Kier alpha value is -3.28. The van der Waals surface area contributed by atoms with E-state index in [0.29, 0.717) is 11.7 Å². The molecule has 1 heterocycles. The molecule has 3 aromatic rings. The maximum atomic E-state index is 6.10. The van der Waals surface area contributed by atoms with Crippen molar-refractivity contribution in [2.24, 2.45) is 0 Å². The van der Waals surface area contributed by atoms with Crippen molar-refractivity contribution in [1.82, 2.24) is 9.97 Å². The van der Waals surface area contributed by atoms with Gasteiger partial charge < -0.3 is 20.5 Å². The van der Waals surface area contributed by atoms with E-state index in [4.69, 9.17) is 15.2 Å². The molecule has 0 aliphatic rings. The van der Waals surface area contributed by atoms with Crippen LogP contribution in [0.25, 0.3) is 0 Å². The van der Waals surface area contributed by atoms with E-state index in [0.717, 1.165) is 28.3 Å². The number of ether oxygens (including phenoxy) is 2. The molecule has 6 nitrogen and oxygen atoms in total. The molecule has 0 unspecified atom stereocenters. The van der Waals surface area contributed by atoms with Crippen LogP contribution >= 0.6 is 0 Å². The van der Waals surface area contributed by atoms with E-state index in [2.05, 4.69) is 29.1 Å². The van der Waals surface area contributed by atoms with E-state index >= 15 is 0 Å². The zero-order chi connectivity index (χ0) is 19.4. The van der Waals surface area contributed by atoms with E-state index in [1.165, 1.54) is 0 Å². The van der Waals surface area contributed by atoms with Gasteiger partial charge in [-0.25, -0.2) is 4.98 Å². The van der Waals surface area contributed by atoms with Gasteiger partial charge in [0.2, 0.25) is 5.95 Å². The predicted octanol–water partition coefficient (Wildman–Crippen LogP) is 5.04. The van der Waals surface area contributed by atoms with Gasteiger partial charge in [0, 0.05) is 11.3 Å². The number of anilines is 3. The minimum Gasteiger partial charge on any atom is -0.496 e. The van der Waals surface area contributed by atoms with Crippen molar-refractivity contribution in [1.29, 1.82) is 0 Å². The van der Waals surface area contributed by atoms with Crippen LogP contribution in [0.3, 0.4) is 0 Å². The highest BCUT2D eigenvalue weighted by atomic mass is 16.5. The SMILES string of the molecule is COc1cc(C(C)C)c(Oc2cnc(Nc3ccccc3)nc2N)cc1C. The lowest BCUT2D eigenvalue weighted by Gasteiger charge is -2.17. The molecule has 140 valence electrons. The quantitative estimate of drug-likeness (QED) is 0.638. The molecule has 0 saturated carbocycles. The van der Waals surface area contributed by atoms with Crippen LogP contribution in [0, 0.1) is 6.92 Å². The minimum absolute atomic E-state index is 0.260. The number of nitrogens with one attached hydrogen (secondary N) is 1. The number of para-hydroxylation sites is 1. The summed E-state index contributed by atoms with van der Waals surface area (Å²) in [6.07, 6.45) is 1.58. The highest BCUT2D eigenvalue weighted by Crippen LogP contribution is 2.37. The normalized spacial score (nSPS) is 10.7. The standard InChI is InChI=1S/C21H24N4O2/c1-13(2)16-11-17(26-4)14(3)10-18(16)27-19-12-23-21(25-20(19)22)24-15-8-6-5-7-9-15/h5-13H,1-4H3,(H3,22,23,24,25). The van der Waals surface area contributed by atoms with Gasteiger partial charge >= 0.3 is 0 Å². The summed E-state index contributed by atoms with van der Waals surface area (Å²) >= 11 is 0. The molecule has 0 radical (unpaired) electrons. The fourth-order valence-corrected chi connectivity index (χ4v) is 2.73. The van der Waals surface area contributed by atoms with Crippen LogP contribution in [0.4, 0.5) is 17.5 Å². The van der Waals surface area contributed by atoms with Crippen molar-refractivity contribution in [3.05, 3.63) is 59.8 Å². The molecule has 6 heteroatoms. The molecule has 2 aromatic carbocycles. The molecule has 0 atom stereocenters. The lowest BCUT2D eigenvalue weighted by molar-refractivity contribution is 0.407. The average molecular weight is 364 g/mol. The molecular weight excluding hydrogens is 340 g/mol. The van der Waals surface area contributed by atoms with Crippen LogP contribution in [0.5, 0.6) is 17.2 Å². The van der Waals surface area contributed by atoms with E-state index < -0.39 is 0 Å². The molecule has 0 spiro atoms. The molecule has 0 aliphatic carbocycles. The lowest BCUT2D eigenvalue weighted by atomic mass is 10.00. The highest BCUT2D eigenvalue weighted by molar-refractivity contribution is 5.57. The fourth-order valence-electron chi connectivity index (χ4n) is 2.73. The van der Waals surface area contributed by atoms with E-state index in [9.17, 15) is 0 Å². The first-order valence-electron chi connectivity index (χ1n) is 8.79. The van der Waals surface area contributed by atoms with Crippen molar-refractivity contribution >= 4 is 17.5 Å². The minimum atomic E-state index is 0.260. The third kappa shape index (κ3) is 4.28. The van der Waals surface area contributed by atoms with Gasteiger partial charge in [0.15, 0.2) is 11.6 Å². The van der Waals surface area contributed by atoms with Gasteiger partial charge in [0.1, 0.15) is 11.5 Å². The van der Waals surface area contributed by atoms with E-state index in [1.807, 2.05) is 49.4 Å². The maximum Gasteiger partial charge on any atom is 0.229 e. The Morgan fingerprint density at radius 1 is 1.04 bits per heavy atom. The van der Waals surface area contributed by atoms with Gasteiger partial charge in [0.05, 0.1) is 13.3 Å². The molecule has 3 N–H and O–H groups in total. The molecule has 0 amide bonds. The first-order chi connectivity index (χ1) is 13.0. The Morgan fingerprint density at radius 2 is 1.78 bits per heavy atom. The summed E-state index contributed by atoms with van der Waals surface area (Å²) in [4.78, 5) is 8.61. The number of hydrogen-bond donors (Lipinski definition) is 2. The summed E-state index contributed by atoms with van der Waals surface area (Å²) in [5.41, 5.74) is 9.01. The molecule has 27 heavy (non-hydrogen) atoms. The van der Waals surface area contributed by atoms with Crippen LogP contribution in [0.15, 0.2) is 48.7 Å². The number of nitrogens with two attached hydrogens (primary N) is 1. The zero-order valence-electron chi connectivity index (χ0n) is 16.0. The van der Waals surface area contributed by atoms with Crippen molar-refractivity contribution in [3.8, 4) is 17.2 Å². The van der Waals surface area contributed by atoms with Gasteiger partial charge in [0.25, 0.3) is 0 Å². The Bertz CT molecular complexity index is 927. The summed E-state index contributed by atoms with van der Waals surface area (Å²) in [6, 6.07) is 13.6. The smallest absolute Gasteiger partial charge is 0.229 e. The summed E-state index contributed by atoms with van der Waals surface area (Å²) < 4.78 is 11.5. The summed E-state index contributed by atoms with van der Waals surface area (Å²) in [5, 5.41) is 3.12. The van der Waals surface area contributed by atoms with Crippen LogP contribution in [-0.2, 0) is 0 Å². The number of nitrogen functional groups attached to an aromatic ring is 1. The van der Waals surface area contributed by atoms with Crippen molar-refractivity contribution in [3.63, 3.8) is 0 Å². The van der Waals surface area contributed by atoms with Crippen LogP contribution < -0.4 is 20.5 Å². The molecule has 0 saturated heterocycles. The highest BCUT2D eigenvalue weighted by Gasteiger charge is 2.15. The first-order valence-corrected chi connectivity index (χ1v) is 8.79. The Kier molecular flexibility index (Phi) is 5.45. The predicted molar refractivity (Wildman–Crippen MR) is 108 cm³/mol. The van der Waals surface area contributed by atoms with Crippen LogP contribution in [0.1, 0.15) is 30.9 Å². The number of aryl methyl sites for hydroxylation is 1. The lowest BCUT2D eigenvalue weighted by Crippen LogP contribution is -2.03. The van der Waals surface area contributed by atoms with Gasteiger partial charge in [-0.1, -0.05) is 32.0 Å². The van der Waals surface area contributed by atoms with Crippen molar-refractivity contribution in [2.45, 2.75) is 26.7 Å². The Balaban J connectivity index is 1.87. The molecule has 0 bridgehead atoms. The third-order valence-corrected chi connectivity index (χ3v) is 4.18. The van der Waals surface area contributed by atoms with Crippen molar-refractivity contribution in [2.75, 3.05) is 18.2 Å². The third-order valence-electron chi connectivity index (χ3n) is 4.18. The van der Waals surface area contributed by atoms with E-state index in [-0.39, 0.29) is 11.7 Å². The number of rotatable bonds is 6. The van der Waals surface area contributed by atoms with Crippen LogP contribution in [0.2, 0.25) is 0 Å². The van der Waals surface area contributed by atoms with Gasteiger partial charge in [-0.3, -0.25) is 0 Å². The number of hydrogen-bond acceptors (Lipinski definition) is 6. The van der Waals surface area contributed by atoms with E-state index in [1.54, 1.807) is 13.3 Å². The second-order valence-corrected chi connectivity index (χ2v) is 6.55. The summed E-state index contributed by atoms with van der Waals surface area (Å²) in [7, 11) is 1.66. The topological polar surface area (TPSA) is 82.3 Å². The number of nitrogens with zero attached hydrogens (tertiary/aromatic N) is 2. The largest absolute Gasteiger partial charge is 0.496 e. The molecule has 1 aromatic heterocycles.